The van der Waals surface area contributed by atoms with Crippen molar-refractivity contribution in [3.8, 4) is 5.69 Å². The number of carbonyl (C=O) groups excluding carboxylic acids is 3. The first-order valence-electron chi connectivity index (χ1n) is 9.34. The molecule has 1 aromatic heterocycles. The zero-order valence-electron chi connectivity index (χ0n) is 16.9. The number of hydrogen-bond acceptors (Lipinski definition) is 5. The smallest absolute Gasteiger partial charge is 0.338 e. The van der Waals surface area contributed by atoms with Gasteiger partial charge in [-0.3, -0.25) is 9.59 Å². The van der Waals surface area contributed by atoms with Gasteiger partial charge < -0.3 is 15.4 Å². The zero-order chi connectivity index (χ0) is 21.7. The lowest BCUT2D eigenvalue weighted by molar-refractivity contribution is -0.123. The Morgan fingerprint density at radius 1 is 0.933 bits per heavy atom. The Bertz CT molecular complexity index is 1060. The van der Waals surface area contributed by atoms with Crippen molar-refractivity contribution in [1.82, 2.24) is 9.78 Å². The molecular formula is C22H22N4O4. The molecule has 30 heavy (non-hydrogen) atoms. The summed E-state index contributed by atoms with van der Waals surface area (Å²) >= 11 is 0. The topological polar surface area (TPSA) is 102 Å². The van der Waals surface area contributed by atoms with Crippen LogP contribution in [0.1, 0.15) is 29.9 Å². The van der Waals surface area contributed by atoms with Crippen molar-refractivity contribution in [2.24, 2.45) is 0 Å². The summed E-state index contributed by atoms with van der Waals surface area (Å²) in [6, 6.07) is 15.3. The van der Waals surface area contributed by atoms with E-state index in [1.54, 1.807) is 59.4 Å². The van der Waals surface area contributed by atoms with E-state index in [-0.39, 0.29) is 5.91 Å². The van der Waals surface area contributed by atoms with Crippen LogP contribution in [0.15, 0.2) is 60.8 Å². The first kappa shape index (κ1) is 20.8. The summed E-state index contributed by atoms with van der Waals surface area (Å²) in [4.78, 5) is 35.7. The van der Waals surface area contributed by atoms with Gasteiger partial charge >= 0.3 is 5.97 Å². The number of amides is 2. The van der Waals surface area contributed by atoms with Crippen LogP contribution in [0.25, 0.3) is 5.69 Å². The Kier molecular flexibility index (Phi) is 6.26. The number of nitrogens with zero attached hydrogens (tertiary/aromatic N) is 2. The molecule has 0 aliphatic heterocycles. The van der Waals surface area contributed by atoms with E-state index in [0.29, 0.717) is 16.9 Å². The summed E-state index contributed by atoms with van der Waals surface area (Å²) in [7, 11) is 0. The summed E-state index contributed by atoms with van der Waals surface area (Å²) in [6.45, 7) is 4.85. The van der Waals surface area contributed by atoms with Crippen molar-refractivity contribution in [2.45, 2.75) is 26.9 Å². The molecule has 0 radical (unpaired) electrons. The van der Waals surface area contributed by atoms with Crippen molar-refractivity contribution in [2.75, 3.05) is 10.6 Å². The van der Waals surface area contributed by atoms with Crippen LogP contribution in [0, 0.1) is 6.92 Å². The van der Waals surface area contributed by atoms with Crippen LogP contribution < -0.4 is 10.6 Å². The largest absolute Gasteiger partial charge is 0.449 e. The van der Waals surface area contributed by atoms with Crippen LogP contribution in [0.4, 0.5) is 11.4 Å². The number of rotatable bonds is 6. The fourth-order valence-corrected chi connectivity index (χ4v) is 2.74. The lowest BCUT2D eigenvalue weighted by Gasteiger charge is -2.14. The van der Waals surface area contributed by atoms with E-state index >= 15 is 0 Å². The summed E-state index contributed by atoms with van der Waals surface area (Å²) in [5, 5.41) is 9.53. The number of esters is 1. The minimum absolute atomic E-state index is 0.180. The Morgan fingerprint density at radius 2 is 1.53 bits per heavy atom. The van der Waals surface area contributed by atoms with Gasteiger partial charge in [-0.2, -0.15) is 5.10 Å². The molecule has 0 fully saturated rings. The molecule has 1 atom stereocenters. The molecule has 0 saturated carbocycles. The van der Waals surface area contributed by atoms with Crippen molar-refractivity contribution < 1.29 is 19.1 Å². The molecule has 1 heterocycles. The number of hydrogen-bond donors (Lipinski definition) is 2. The Hall–Kier alpha value is -3.94. The Morgan fingerprint density at radius 3 is 2.07 bits per heavy atom. The number of aryl methyl sites for hydroxylation is 1. The van der Waals surface area contributed by atoms with Gasteiger partial charge in [0, 0.05) is 30.2 Å². The Labute approximate surface area is 173 Å². The van der Waals surface area contributed by atoms with Crippen LogP contribution in [-0.2, 0) is 14.3 Å². The SMILES string of the molecule is CC(=O)Nc1ccc(NC(=O)[C@H](C)OC(=O)c2ccc(-n3nccc3C)cc2)cc1. The number of ether oxygens (including phenoxy) is 1. The van der Waals surface area contributed by atoms with Gasteiger partial charge in [0.15, 0.2) is 6.10 Å². The third-order valence-electron chi connectivity index (χ3n) is 4.31. The highest BCUT2D eigenvalue weighted by atomic mass is 16.5. The van der Waals surface area contributed by atoms with Crippen LogP contribution in [0.5, 0.6) is 0 Å². The molecule has 0 saturated heterocycles. The first-order valence-corrected chi connectivity index (χ1v) is 9.34. The van der Waals surface area contributed by atoms with Gasteiger partial charge in [0.25, 0.3) is 5.91 Å². The average Bonchev–Trinajstić information content (AvgIpc) is 3.15. The van der Waals surface area contributed by atoms with Crippen molar-refractivity contribution in [1.29, 1.82) is 0 Å². The molecule has 8 heteroatoms. The molecule has 3 aromatic rings. The van der Waals surface area contributed by atoms with Gasteiger partial charge in [0.1, 0.15) is 0 Å². The standard InChI is InChI=1S/C22H22N4O4/c1-14-12-13-23-26(14)20-10-4-17(5-11-20)22(29)30-15(2)21(28)25-19-8-6-18(7-9-19)24-16(3)27/h4-13,15H,1-3H3,(H,24,27)(H,25,28)/t15-/m0/s1. The van der Waals surface area contributed by atoms with Gasteiger partial charge in [-0.05, 0) is 68.4 Å². The molecule has 154 valence electrons. The van der Waals surface area contributed by atoms with Crippen LogP contribution in [0.3, 0.4) is 0 Å². The molecule has 2 aromatic carbocycles. The molecule has 0 bridgehead atoms. The van der Waals surface area contributed by atoms with E-state index in [1.807, 2.05) is 13.0 Å². The molecule has 0 aliphatic rings. The normalized spacial score (nSPS) is 11.4. The number of benzene rings is 2. The van der Waals surface area contributed by atoms with E-state index in [9.17, 15) is 14.4 Å². The second-order valence-corrected chi connectivity index (χ2v) is 6.73. The van der Waals surface area contributed by atoms with E-state index in [1.165, 1.54) is 13.8 Å². The van der Waals surface area contributed by atoms with E-state index in [0.717, 1.165) is 11.4 Å². The molecule has 0 aliphatic carbocycles. The van der Waals surface area contributed by atoms with Crippen molar-refractivity contribution >= 4 is 29.2 Å². The maximum atomic E-state index is 12.4. The van der Waals surface area contributed by atoms with E-state index in [4.69, 9.17) is 4.74 Å². The van der Waals surface area contributed by atoms with Gasteiger partial charge in [0.2, 0.25) is 5.91 Å². The summed E-state index contributed by atoms with van der Waals surface area (Å²) < 4.78 is 7.02. The second-order valence-electron chi connectivity index (χ2n) is 6.73. The van der Waals surface area contributed by atoms with Gasteiger partial charge in [0.05, 0.1) is 11.3 Å². The second kappa shape index (κ2) is 9.04. The van der Waals surface area contributed by atoms with Crippen LogP contribution in [0.2, 0.25) is 0 Å². The van der Waals surface area contributed by atoms with Crippen LogP contribution >= 0.6 is 0 Å². The highest BCUT2D eigenvalue weighted by Crippen LogP contribution is 2.15. The number of nitrogens with one attached hydrogen (secondary N) is 2. The minimum Gasteiger partial charge on any atom is -0.449 e. The summed E-state index contributed by atoms with van der Waals surface area (Å²) in [5.41, 5.74) is 3.27. The molecule has 0 spiro atoms. The molecule has 8 nitrogen and oxygen atoms in total. The highest BCUT2D eigenvalue weighted by molar-refractivity contribution is 5.97. The fourth-order valence-electron chi connectivity index (χ4n) is 2.74. The first-order chi connectivity index (χ1) is 14.3. The van der Waals surface area contributed by atoms with Gasteiger partial charge in [-0.1, -0.05) is 0 Å². The summed E-state index contributed by atoms with van der Waals surface area (Å²) in [6.07, 6.45) is 0.714. The maximum absolute atomic E-state index is 12.4. The third-order valence-corrected chi connectivity index (χ3v) is 4.31. The van der Waals surface area contributed by atoms with Crippen LogP contribution in [-0.4, -0.2) is 33.7 Å². The molecule has 2 amide bonds. The lowest BCUT2D eigenvalue weighted by atomic mass is 10.2. The molecule has 3 rings (SSSR count). The maximum Gasteiger partial charge on any atom is 0.338 e. The van der Waals surface area contributed by atoms with E-state index < -0.39 is 18.0 Å². The zero-order valence-corrected chi connectivity index (χ0v) is 16.9. The van der Waals surface area contributed by atoms with Crippen molar-refractivity contribution in [3.63, 3.8) is 0 Å². The molecular weight excluding hydrogens is 384 g/mol. The average molecular weight is 406 g/mol. The predicted molar refractivity (Wildman–Crippen MR) is 113 cm³/mol. The monoisotopic (exact) mass is 406 g/mol. The number of carbonyl (C=O) groups is 3. The molecule has 0 unspecified atom stereocenters. The van der Waals surface area contributed by atoms with Gasteiger partial charge in [-0.15, -0.1) is 0 Å². The third kappa shape index (κ3) is 5.11. The number of aromatic nitrogens is 2. The fraction of sp³-hybridized carbons (Fsp3) is 0.182. The Balaban J connectivity index is 1.57. The van der Waals surface area contributed by atoms with Gasteiger partial charge in [-0.25, -0.2) is 9.48 Å². The van der Waals surface area contributed by atoms with E-state index in [2.05, 4.69) is 15.7 Å². The summed E-state index contributed by atoms with van der Waals surface area (Å²) in [5.74, 6) is -1.23. The lowest BCUT2D eigenvalue weighted by Crippen LogP contribution is -2.30. The number of anilines is 2. The quantitative estimate of drug-likeness (QED) is 0.612. The highest BCUT2D eigenvalue weighted by Gasteiger charge is 2.19. The predicted octanol–water partition coefficient (Wildman–Crippen LogP) is 3.32. The molecule has 2 N–H and O–H groups in total. The van der Waals surface area contributed by atoms with Crippen molar-refractivity contribution in [3.05, 3.63) is 72.1 Å². The minimum atomic E-state index is -0.986.